The molecule has 1 aliphatic heterocycles. The van der Waals surface area contributed by atoms with E-state index in [1.807, 2.05) is 0 Å². The number of halogens is 2. The van der Waals surface area contributed by atoms with Gasteiger partial charge in [0.25, 0.3) is 5.69 Å². The highest BCUT2D eigenvalue weighted by atomic mass is 79.9. The van der Waals surface area contributed by atoms with Gasteiger partial charge < -0.3 is 0 Å². The van der Waals surface area contributed by atoms with E-state index in [2.05, 4.69) is 31.9 Å². The fraction of sp³-hybridized carbons (Fsp3) is 0.467. The predicted octanol–water partition coefficient (Wildman–Crippen LogP) is 2.88. The number of non-ortho nitro benzene ring substituents is 1. The Labute approximate surface area is 148 Å². The molecular formula is C15H12Br2N2O4. The molecule has 4 rings (SSSR count). The first-order valence-electron chi connectivity index (χ1n) is 7.32. The van der Waals surface area contributed by atoms with Crippen LogP contribution in [0.2, 0.25) is 0 Å². The molecular weight excluding hydrogens is 432 g/mol. The lowest BCUT2D eigenvalue weighted by Crippen LogP contribution is -2.37. The molecule has 1 saturated heterocycles. The van der Waals surface area contributed by atoms with Gasteiger partial charge in [0.15, 0.2) is 0 Å². The molecule has 1 aromatic rings. The van der Waals surface area contributed by atoms with E-state index in [1.54, 1.807) is 0 Å². The Balaban J connectivity index is 1.68. The van der Waals surface area contributed by atoms with Crippen molar-refractivity contribution in [3.8, 4) is 0 Å². The summed E-state index contributed by atoms with van der Waals surface area (Å²) in [6.07, 6.45) is 0.882. The molecule has 0 unspecified atom stereocenters. The van der Waals surface area contributed by atoms with Crippen LogP contribution in [-0.2, 0) is 9.59 Å². The summed E-state index contributed by atoms with van der Waals surface area (Å²) in [5.74, 6) is -0.583. The fourth-order valence-corrected chi connectivity index (χ4v) is 6.20. The van der Waals surface area contributed by atoms with Crippen LogP contribution in [0.4, 0.5) is 11.4 Å². The number of nitrogens with zero attached hydrogens (tertiary/aromatic N) is 2. The normalized spacial score (nSPS) is 38.3. The Bertz CT molecular complexity index is 691. The average molecular weight is 444 g/mol. The predicted molar refractivity (Wildman–Crippen MR) is 89.6 cm³/mol. The summed E-state index contributed by atoms with van der Waals surface area (Å²) < 4.78 is 0. The first kappa shape index (κ1) is 15.3. The second kappa shape index (κ2) is 5.11. The number of carbonyl (C=O) groups excluding carboxylic acids is 2. The van der Waals surface area contributed by atoms with Crippen LogP contribution in [-0.4, -0.2) is 26.4 Å². The van der Waals surface area contributed by atoms with Crippen molar-refractivity contribution < 1.29 is 14.5 Å². The third kappa shape index (κ3) is 1.97. The van der Waals surface area contributed by atoms with Crippen LogP contribution in [0.25, 0.3) is 0 Å². The monoisotopic (exact) mass is 442 g/mol. The van der Waals surface area contributed by atoms with Crippen molar-refractivity contribution in [2.45, 2.75) is 16.1 Å². The number of nitro benzene ring substituents is 1. The Kier molecular flexibility index (Phi) is 3.39. The number of amides is 2. The van der Waals surface area contributed by atoms with Gasteiger partial charge in [0.05, 0.1) is 22.4 Å². The molecule has 2 bridgehead atoms. The molecule has 0 aromatic heterocycles. The number of anilines is 1. The molecule has 1 aromatic carbocycles. The molecule has 2 aliphatic carbocycles. The number of imide groups is 1. The van der Waals surface area contributed by atoms with Crippen molar-refractivity contribution in [1.29, 1.82) is 0 Å². The molecule has 3 fully saturated rings. The highest BCUT2D eigenvalue weighted by molar-refractivity contribution is 9.12. The summed E-state index contributed by atoms with van der Waals surface area (Å²) in [5, 5.41) is 10.7. The van der Waals surface area contributed by atoms with Crippen molar-refractivity contribution in [1.82, 2.24) is 0 Å². The van der Waals surface area contributed by atoms with E-state index in [9.17, 15) is 19.7 Å². The third-order valence-corrected chi connectivity index (χ3v) is 8.51. The number of carbonyl (C=O) groups is 2. The zero-order valence-electron chi connectivity index (χ0n) is 11.8. The minimum Gasteiger partial charge on any atom is -0.274 e. The van der Waals surface area contributed by atoms with Crippen LogP contribution in [0.15, 0.2) is 24.3 Å². The van der Waals surface area contributed by atoms with Gasteiger partial charge in [-0.2, -0.15) is 0 Å². The number of alkyl halides is 2. The second-order valence-corrected chi connectivity index (χ2v) is 8.40. The molecule has 3 aliphatic rings. The maximum Gasteiger partial charge on any atom is 0.269 e. The summed E-state index contributed by atoms with van der Waals surface area (Å²) in [6, 6.07) is 5.57. The topological polar surface area (TPSA) is 80.5 Å². The molecule has 6 nitrogen and oxygen atoms in total. The first-order chi connectivity index (χ1) is 10.9. The van der Waals surface area contributed by atoms with Crippen LogP contribution in [0, 0.1) is 33.8 Å². The molecule has 0 spiro atoms. The standard InChI is InChI=1S/C15H12Br2N2O4/c16-12-8-5-9(13(12)17)11-10(8)14(20)18(15(11)21)6-1-3-7(4-2-6)19(22)23/h1-4,8-13H,5H2/t8-,9+,10-,11-,12+,13-/m0/s1. The summed E-state index contributed by atoms with van der Waals surface area (Å²) in [7, 11) is 0. The molecule has 0 N–H and O–H groups in total. The molecule has 0 radical (unpaired) electrons. The van der Waals surface area contributed by atoms with Crippen LogP contribution < -0.4 is 4.90 Å². The molecule has 23 heavy (non-hydrogen) atoms. The molecule has 2 amide bonds. The van der Waals surface area contributed by atoms with Gasteiger partial charge in [-0.1, -0.05) is 31.9 Å². The van der Waals surface area contributed by atoms with E-state index in [4.69, 9.17) is 0 Å². The Hall–Kier alpha value is -1.28. The van der Waals surface area contributed by atoms with Crippen molar-refractivity contribution >= 4 is 55.0 Å². The molecule has 120 valence electrons. The molecule has 1 heterocycles. The number of hydrogen-bond acceptors (Lipinski definition) is 4. The summed E-state index contributed by atoms with van der Waals surface area (Å²) in [6.45, 7) is 0. The number of benzene rings is 1. The van der Waals surface area contributed by atoms with Gasteiger partial charge in [-0.15, -0.1) is 0 Å². The van der Waals surface area contributed by atoms with Gasteiger partial charge in [-0.3, -0.25) is 24.6 Å². The molecule has 6 atom stereocenters. The first-order valence-corrected chi connectivity index (χ1v) is 9.15. The number of rotatable bonds is 2. The van der Waals surface area contributed by atoms with Gasteiger partial charge in [-0.25, -0.2) is 0 Å². The van der Waals surface area contributed by atoms with Gasteiger partial charge in [0.1, 0.15) is 0 Å². The van der Waals surface area contributed by atoms with E-state index >= 15 is 0 Å². The minimum absolute atomic E-state index is 0.0610. The zero-order valence-corrected chi connectivity index (χ0v) is 14.9. The summed E-state index contributed by atoms with van der Waals surface area (Å²) in [5.41, 5.74) is 0.353. The lowest BCUT2D eigenvalue weighted by molar-refractivity contribution is -0.384. The van der Waals surface area contributed by atoms with E-state index in [0.29, 0.717) is 5.69 Å². The van der Waals surface area contributed by atoms with Crippen molar-refractivity contribution in [2.75, 3.05) is 4.90 Å². The highest BCUT2D eigenvalue weighted by Crippen LogP contribution is 2.60. The highest BCUT2D eigenvalue weighted by Gasteiger charge is 2.66. The van der Waals surface area contributed by atoms with Crippen molar-refractivity contribution in [3.63, 3.8) is 0 Å². The smallest absolute Gasteiger partial charge is 0.269 e. The van der Waals surface area contributed by atoms with Crippen LogP contribution in [0.1, 0.15) is 6.42 Å². The quantitative estimate of drug-likeness (QED) is 0.304. The largest absolute Gasteiger partial charge is 0.274 e. The number of hydrogen-bond donors (Lipinski definition) is 0. The average Bonchev–Trinajstić information content (AvgIpc) is 3.12. The van der Waals surface area contributed by atoms with E-state index in [1.165, 1.54) is 29.2 Å². The van der Waals surface area contributed by atoms with Crippen molar-refractivity contribution in [3.05, 3.63) is 34.4 Å². The summed E-state index contributed by atoms with van der Waals surface area (Å²) >= 11 is 7.28. The van der Waals surface area contributed by atoms with Gasteiger partial charge in [0.2, 0.25) is 11.8 Å². The minimum atomic E-state index is -0.503. The van der Waals surface area contributed by atoms with Crippen LogP contribution >= 0.6 is 31.9 Å². The lowest BCUT2D eigenvalue weighted by Gasteiger charge is -2.28. The van der Waals surface area contributed by atoms with Crippen molar-refractivity contribution in [2.24, 2.45) is 23.7 Å². The summed E-state index contributed by atoms with van der Waals surface area (Å²) in [4.78, 5) is 37.4. The maximum absolute atomic E-state index is 12.8. The number of fused-ring (bicyclic) bond motifs is 5. The molecule has 8 heteroatoms. The Morgan fingerprint density at radius 1 is 1.00 bits per heavy atom. The van der Waals surface area contributed by atoms with E-state index in [-0.39, 0.29) is 50.8 Å². The zero-order chi connectivity index (χ0) is 16.5. The maximum atomic E-state index is 12.8. The lowest BCUT2D eigenvalue weighted by atomic mass is 9.81. The van der Waals surface area contributed by atoms with E-state index < -0.39 is 4.92 Å². The SMILES string of the molecule is O=C1[C@H]2[C@@H]3C[C@@H]([C@H](Br)[C@@H]3Br)[C@@H]2C(=O)N1c1ccc([N+](=O)[O-])cc1. The third-order valence-electron chi connectivity index (χ3n) is 5.31. The van der Waals surface area contributed by atoms with Gasteiger partial charge in [0, 0.05) is 21.8 Å². The van der Waals surface area contributed by atoms with Crippen LogP contribution in [0.5, 0.6) is 0 Å². The van der Waals surface area contributed by atoms with Crippen LogP contribution in [0.3, 0.4) is 0 Å². The molecule has 2 saturated carbocycles. The fourth-order valence-electron chi connectivity index (χ4n) is 4.33. The Morgan fingerprint density at radius 2 is 1.48 bits per heavy atom. The van der Waals surface area contributed by atoms with Gasteiger partial charge >= 0.3 is 0 Å². The van der Waals surface area contributed by atoms with Gasteiger partial charge in [-0.05, 0) is 30.4 Å². The second-order valence-electron chi connectivity index (χ2n) is 6.29. The number of nitro groups is 1. The van der Waals surface area contributed by atoms with E-state index in [0.717, 1.165) is 6.42 Å². The Morgan fingerprint density at radius 3 is 1.91 bits per heavy atom.